The Hall–Kier alpha value is -1.45. The van der Waals surface area contributed by atoms with Crippen LogP contribution in [0.3, 0.4) is 0 Å². The summed E-state index contributed by atoms with van der Waals surface area (Å²) in [7, 11) is -5.75. The number of nitrogens with one attached hydrogen (secondary N) is 1. The lowest BCUT2D eigenvalue weighted by atomic mass is 10.1. The molecular formula is C14H19NO6S2. The van der Waals surface area contributed by atoms with Crippen molar-refractivity contribution in [2.45, 2.75) is 21.8 Å². The number of hydrogen-bond acceptors (Lipinski definition) is 7. The highest BCUT2D eigenvalue weighted by atomic mass is 32.2. The second-order valence-electron chi connectivity index (χ2n) is 5.53. The molecule has 1 aromatic rings. The van der Waals surface area contributed by atoms with Crippen LogP contribution in [0.25, 0.3) is 0 Å². The molecule has 1 aromatic carbocycles. The van der Waals surface area contributed by atoms with Crippen LogP contribution in [0.15, 0.2) is 29.2 Å². The van der Waals surface area contributed by atoms with Gasteiger partial charge in [-0.2, -0.15) is 0 Å². The topological polar surface area (TPSA) is 107 Å². The zero-order valence-corrected chi connectivity index (χ0v) is 14.5. The highest BCUT2D eigenvalue weighted by molar-refractivity contribution is 7.92. The Kier molecular flexibility index (Phi) is 5.12. The van der Waals surface area contributed by atoms with Gasteiger partial charge in [0.25, 0.3) is 0 Å². The Balaban J connectivity index is 2.26. The van der Waals surface area contributed by atoms with Crippen molar-refractivity contribution in [1.82, 2.24) is 5.32 Å². The highest BCUT2D eigenvalue weighted by Crippen LogP contribution is 2.24. The fourth-order valence-corrected chi connectivity index (χ4v) is 5.37. The summed E-state index contributed by atoms with van der Waals surface area (Å²) in [6, 6.07) is 5.43. The van der Waals surface area contributed by atoms with Crippen molar-refractivity contribution in [2.75, 3.05) is 26.5 Å². The summed E-state index contributed by atoms with van der Waals surface area (Å²) < 4.78 is 53.2. The van der Waals surface area contributed by atoms with Crippen molar-refractivity contribution in [2.24, 2.45) is 0 Å². The third kappa shape index (κ3) is 3.91. The summed E-state index contributed by atoms with van der Waals surface area (Å²) in [6.45, 7) is 0.458. The maximum absolute atomic E-state index is 12.7. The quantitative estimate of drug-likeness (QED) is 0.754. The number of methoxy groups -OCH3 is 1. The molecule has 0 saturated carbocycles. The van der Waals surface area contributed by atoms with Crippen LogP contribution in [-0.2, 0) is 24.4 Å². The van der Waals surface area contributed by atoms with Crippen molar-refractivity contribution in [3.63, 3.8) is 0 Å². The van der Waals surface area contributed by atoms with Gasteiger partial charge in [-0.15, -0.1) is 0 Å². The number of ether oxygens (including phenoxy) is 1. The maximum atomic E-state index is 12.7. The molecule has 7 nitrogen and oxygen atoms in total. The maximum Gasteiger partial charge on any atom is 0.337 e. The fourth-order valence-electron chi connectivity index (χ4n) is 2.52. The van der Waals surface area contributed by atoms with Crippen LogP contribution < -0.4 is 5.32 Å². The van der Waals surface area contributed by atoms with Gasteiger partial charge < -0.3 is 10.1 Å². The molecule has 1 aliphatic rings. The van der Waals surface area contributed by atoms with Crippen LogP contribution >= 0.6 is 0 Å². The minimum Gasteiger partial charge on any atom is -0.465 e. The lowest BCUT2D eigenvalue weighted by molar-refractivity contribution is 0.0600. The fraction of sp³-hybridized carbons (Fsp3) is 0.500. The molecule has 1 heterocycles. The van der Waals surface area contributed by atoms with Crippen LogP contribution in [0.1, 0.15) is 16.8 Å². The third-order valence-electron chi connectivity index (χ3n) is 3.92. The Labute approximate surface area is 135 Å². The van der Waals surface area contributed by atoms with E-state index in [4.69, 9.17) is 0 Å². The zero-order valence-electron chi connectivity index (χ0n) is 12.9. The number of sulfone groups is 2. The van der Waals surface area contributed by atoms with E-state index in [1.807, 2.05) is 0 Å². The molecule has 0 amide bonds. The molecule has 0 radical (unpaired) electrons. The Morgan fingerprint density at radius 2 is 1.65 bits per heavy atom. The van der Waals surface area contributed by atoms with Gasteiger partial charge >= 0.3 is 5.97 Å². The second-order valence-corrected chi connectivity index (χ2v) is 10.1. The van der Waals surface area contributed by atoms with Gasteiger partial charge in [0.15, 0.2) is 19.7 Å². The number of carbonyl (C=O) groups excluding carboxylic acids is 1. The number of esters is 1. The van der Waals surface area contributed by atoms with E-state index in [-0.39, 0.29) is 30.0 Å². The number of hydrogen-bond donors (Lipinski definition) is 1. The van der Waals surface area contributed by atoms with E-state index < -0.39 is 36.1 Å². The van der Waals surface area contributed by atoms with Crippen LogP contribution in [0.4, 0.5) is 0 Å². The summed E-state index contributed by atoms with van der Waals surface area (Å²) in [6.07, 6.45) is 1.17. The SMILES string of the molecule is COC(=O)c1ccc(S(=O)(=O)C2CNCC(S(C)(=O)=O)C2)cc1. The van der Waals surface area contributed by atoms with E-state index in [9.17, 15) is 21.6 Å². The molecule has 1 N–H and O–H groups in total. The first kappa shape index (κ1) is 17.9. The average molecular weight is 361 g/mol. The predicted octanol–water partition coefficient (Wildman–Crippen LogP) is 0.0220. The van der Waals surface area contributed by atoms with E-state index in [0.717, 1.165) is 6.26 Å². The molecule has 1 aliphatic heterocycles. The van der Waals surface area contributed by atoms with Crippen LogP contribution in [0.5, 0.6) is 0 Å². The molecule has 128 valence electrons. The van der Waals surface area contributed by atoms with E-state index in [0.29, 0.717) is 0 Å². The summed E-state index contributed by atoms with van der Waals surface area (Å²) in [5, 5.41) is 1.34. The minimum atomic E-state index is -3.68. The van der Waals surface area contributed by atoms with Crippen molar-refractivity contribution < 1.29 is 26.4 Å². The molecule has 9 heteroatoms. The molecule has 0 aromatic heterocycles. The van der Waals surface area contributed by atoms with Crippen LogP contribution in [-0.4, -0.2) is 59.8 Å². The van der Waals surface area contributed by atoms with Gasteiger partial charge in [-0.3, -0.25) is 0 Å². The van der Waals surface area contributed by atoms with E-state index in [1.165, 1.54) is 31.4 Å². The van der Waals surface area contributed by atoms with Gasteiger partial charge in [-0.05, 0) is 30.7 Å². The van der Waals surface area contributed by atoms with Gasteiger partial charge in [0.2, 0.25) is 0 Å². The number of rotatable bonds is 4. The smallest absolute Gasteiger partial charge is 0.337 e. The summed E-state index contributed by atoms with van der Waals surface area (Å²) in [5.74, 6) is -0.551. The van der Waals surface area contributed by atoms with Crippen molar-refractivity contribution in [3.8, 4) is 0 Å². The average Bonchev–Trinajstić information content (AvgIpc) is 2.53. The Morgan fingerprint density at radius 1 is 1.09 bits per heavy atom. The molecular weight excluding hydrogens is 342 g/mol. The largest absolute Gasteiger partial charge is 0.465 e. The molecule has 1 saturated heterocycles. The molecule has 2 rings (SSSR count). The van der Waals surface area contributed by atoms with E-state index in [1.54, 1.807) is 0 Å². The molecule has 2 unspecified atom stereocenters. The summed E-state index contributed by atoms with van der Waals surface area (Å²) in [5.41, 5.74) is 0.252. The highest BCUT2D eigenvalue weighted by Gasteiger charge is 2.36. The first-order valence-corrected chi connectivity index (χ1v) is 10.5. The van der Waals surface area contributed by atoms with Gasteiger partial charge in [0.1, 0.15) is 0 Å². The van der Waals surface area contributed by atoms with E-state index >= 15 is 0 Å². The Morgan fingerprint density at radius 3 is 2.17 bits per heavy atom. The van der Waals surface area contributed by atoms with E-state index in [2.05, 4.69) is 10.1 Å². The van der Waals surface area contributed by atoms with Crippen molar-refractivity contribution in [1.29, 1.82) is 0 Å². The van der Waals surface area contributed by atoms with Crippen molar-refractivity contribution >= 4 is 25.6 Å². The summed E-state index contributed by atoms with van der Waals surface area (Å²) in [4.78, 5) is 11.4. The number of carbonyl (C=O) groups is 1. The molecule has 0 spiro atoms. The number of benzene rings is 1. The van der Waals surface area contributed by atoms with Crippen LogP contribution in [0, 0.1) is 0 Å². The standard InChI is InChI=1S/C14H19NO6S2/c1-21-14(16)10-3-5-11(6-4-10)23(19,20)13-7-12(8-15-9-13)22(2,17)18/h3-6,12-13,15H,7-9H2,1-2H3. The monoisotopic (exact) mass is 361 g/mol. The third-order valence-corrected chi connectivity index (χ3v) is 7.65. The normalized spacial score (nSPS) is 22.5. The predicted molar refractivity (Wildman–Crippen MR) is 84.9 cm³/mol. The molecule has 2 atom stereocenters. The molecule has 0 bridgehead atoms. The first-order chi connectivity index (χ1) is 10.7. The Bertz CT molecular complexity index is 783. The van der Waals surface area contributed by atoms with Gasteiger partial charge in [0.05, 0.1) is 28.1 Å². The molecule has 0 aliphatic carbocycles. The first-order valence-electron chi connectivity index (χ1n) is 6.98. The summed E-state index contributed by atoms with van der Waals surface area (Å²) >= 11 is 0. The van der Waals surface area contributed by atoms with Crippen molar-refractivity contribution in [3.05, 3.63) is 29.8 Å². The number of piperidine rings is 1. The molecule has 23 heavy (non-hydrogen) atoms. The lowest BCUT2D eigenvalue weighted by Crippen LogP contribution is -2.48. The van der Waals surface area contributed by atoms with Gasteiger partial charge in [-0.25, -0.2) is 21.6 Å². The zero-order chi connectivity index (χ0) is 17.3. The minimum absolute atomic E-state index is 0.0612. The second kappa shape index (κ2) is 6.58. The molecule has 1 fully saturated rings. The lowest BCUT2D eigenvalue weighted by Gasteiger charge is -2.28. The van der Waals surface area contributed by atoms with Gasteiger partial charge in [-0.1, -0.05) is 0 Å². The van der Waals surface area contributed by atoms with Gasteiger partial charge in [0, 0.05) is 19.3 Å². The van der Waals surface area contributed by atoms with Crippen LogP contribution in [0.2, 0.25) is 0 Å².